The quantitative estimate of drug-likeness (QED) is 0.565. The molecule has 1 saturated carbocycles. The smallest absolute Gasteiger partial charge is 0.0686 e. The van der Waals surface area contributed by atoms with Crippen LogP contribution in [0.4, 0.5) is 0 Å². The van der Waals surface area contributed by atoms with Crippen LogP contribution in [0.2, 0.25) is 0 Å². The van der Waals surface area contributed by atoms with Gasteiger partial charge in [0.1, 0.15) is 0 Å². The highest BCUT2D eigenvalue weighted by atomic mass is 14.4. The molecule has 0 unspecified atom stereocenters. The topological polar surface area (TPSA) is 23.8 Å². The van der Waals surface area contributed by atoms with Crippen LogP contribution in [0, 0.1) is 28.6 Å². The van der Waals surface area contributed by atoms with Gasteiger partial charge in [-0.2, -0.15) is 5.26 Å². The summed E-state index contributed by atoms with van der Waals surface area (Å²) in [5.41, 5.74) is -0.00502. The molecular formula is C10H17N. The second-order valence-corrected chi connectivity index (χ2v) is 4.42. The lowest BCUT2D eigenvalue weighted by Crippen LogP contribution is -2.10. The van der Waals surface area contributed by atoms with Crippen LogP contribution in [0.3, 0.4) is 0 Å². The van der Waals surface area contributed by atoms with Crippen molar-refractivity contribution in [2.24, 2.45) is 17.3 Å². The van der Waals surface area contributed by atoms with E-state index in [1.165, 1.54) is 6.42 Å². The van der Waals surface area contributed by atoms with Gasteiger partial charge in [0.05, 0.1) is 11.5 Å². The molecule has 1 aliphatic rings. The lowest BCUT2D eigenvalue weighted by Gasteiger charge is -2.16. The van der Waals surface area contributed by atoms with Crippen LogP contribution < -0.4 is 0 Å². The molecule has 0 N–H and O–H groups in total. The van der Waals surface area contributed by atoms with Crippen molar-refractivity contribution in [1.82, 2.24) is 0 Å². The zero-order valence-corrected chi connectivity index (χ0v) is 7.72. The minimum atomic E-state index is -0.00502. The van der Waals surface area contributed by atoms with Gasteiger partial charge in [0.15, 0.2) is 0 Å². The maximum atomic E-state index is 8.87. The van der Waals surface area contributed by atoms with Gasteiger partial charge in [-0.25, -0.2) is 0 Å². The van der Waals surface area contributed by atoms with Crippen molar-refractivity contribution >= 4 is 0 Å². The van der Waals surface area contributed by atoms with Crippen molar-refractivity contribution in [2.75, 3.05) is 0 Å². The van der Waals surface area contributed by atoms with Gasteiger partial charge in [-0.1, -0.05) is 13.8 Å². The van der Waals surface area contributed by atoms with E-state index in [1.807, 2.05) is 0 Å². The molecule has 0 saturated heterocycles. The average molecular weight is 151 g/mol. The highest BCUT2D eigenvalue weighted by Gasteiger charge is 2.36. The zero-order chi connectivity index (χ0) is 8.48. The molecule has 1 nitrogen and oxygen atoms in total. The zero-order valence-electron chi connectivity index (χ0n) is 7.72. The van der Waals surface area contributed by atoms with E-state index >= 15 is 0 Å². The Bertz CT molecular complexity index is 178. The van der Waals surface area contributed by atoms with Gasteiger partial charge < -0.3 is 0 Å². The van der Waals surface area contributed by atoms with Crippen molar-refractivity contribution in [3.05, 3.63) is 0 Å². The summed E-state index contributed by atoms with van der Waals surface area (Å²) in [7, 11) is 0. The Morgan fingerprint density at radius 2 is 2.18 bits per heavy atom. The van der Waals surface area contributed by atoms with Gasteiger partial charge in [-0.05, 0) is 38.0 Å². The molecule has 1 aliphatic carbocycles. The first kappa shape index (κ1) is 8.59. The first-order chi connectivity index (χ1) is 5.07. The lowest BCUT2D eigenvalue weighted by atomic mass is 9.87. The van der Waals surface area contributed by atoms with Crippen molar-refractivity contribution < 1.29 is 0 Å². The summed E-state index contributed by atoms with van der Waals surface area (Å²) >= 11 is 0. The van der Waals surface area contributed by atoms with Crippen molar-refractivity contribution in [3.8, 4) is 6.07 Å². The van der Waals surface area contributed by atoms with Gasteiger partial charge in [0.25, 0.3) is 0 Å². The molecule has 0 heterocycles. The van der Waals surface area contributed by atoms with E-state index in [2.05, 4.69) is 26.8 Å². The fourth-order valence-electron chi connectivity index (χ4n) is 1.96. The van der Waals surface area contributed by atoms with Crippen LogP contribution >= 0.6 is 0 Å². The van der Waals surface area contributed by atoms with Crippen LogP contribution in [-0.2, 0) is 0 Å². The fraction of sp³-hybridized carbons (Fsp3) is 0.900. The third-order valence-electron chi connectivity index (χ3n) is 2.99. The second kappa shape index (κ2) is 2.85. The Morgan fingerprint density at radius 1 is 1.55 bits per heavy atom. The van der Waals surface area contributed by atoms with Gasteiger partial charge in [0.2, 0.25) is 0 Å². The van der Waals surface area contributed by atoms with E-state index in [4.69, 9.17) is 5.26 Å². The summed E-state index contributed by atoms with van der Waals surface area (Å²) in [4.78, 5) is 0. The van der Waals surface area contributed by atoms with Crippen LogP contribution in [0.15, 0.2) is 0 Å². The Morgan fingerprint density at radius 3 is 2.45 bits per heavy atom. The maximum Gasteiger partial charge on any atom is 0.0686 e. The fourth-order valence-corrected chi connectivity index (χ4v) is 1.96. The molecular weight excluding hydrogens is 134 g/mol. The lowest BCUT2D eigenvalue weighted by molar-refractivity contribution is 0.357. The highest BCUT2D eigenvalue weighted by Crippen LogP contribution is 2.43. The van der Waals surface area contributed by atoms with Crippen molar-refractivity contribution in [3.63, 3.8) is 0 Å². The molecule has 0 spiro atoms. The molecule has 1 rings (SSSR count). The summed E-state index contributed by atoms with van der Waals surface area (Å²) in [5, 5.41) is 8.87. The molecule has 0 aliphatic heterocycles. The molecule has 0 aromatic heterocycles. The number of nitrogens with zero attached hydrogens (tertiary/aromatic N) is 1. The largest absolute Gasteiger partial charge is 0.198 e. The molecule has 1 heteroatoms. The second-order valence-electron chi connectivity index (χ2n) is 4.42. The predicted octanol–water partition coefficient (Wildman–Crippen LogP) is 2.97. The molecule has 1 fully saturated rings. The molecule has 0 aromatic rings. The van der Waals surface area contributed by atoms with Crippen LogP contribution in [0.1, 0.15) is 40.0 Å². The molecule has 11 heavy (non-hydrogen) atoms. The van der Waals surface area contributed by atoms with Crippen molar-refractivity contribution in [1.29, 1.82) is 5.26 Å². The Hall–Kier alpha value is -0.510. The van der Waals surface area contributed by atoms with Crippen molar-refractivity contribution in [2.45, 2.75) is 40.0 Å². The summed E-state index contributed by atoms with van der Waals surface area (Å²) in [6.45, 7) is 6.61. The van der Waals surface area contributed by atoms with E-state index in [1.54, 1.807) is 0 Å². The van der Waals surface area contributed by atoms with E-state index in [0.29, 0.717) is 0 Å². The molecule has 0 bridgehead atoms. The normalized spacial score (nSPS) is 37.5. The number of hydrogen-bond donors (Lipinski definition) is 0. The van der Waals surface area contributed by atoms with Crippen LogP contribution in [0.5, 0.6) is 0 Å². The van der Waals surface area contributed by atoms with Crippen LogP contribution in [0.25, 0.3) is 0 Å². The third kappa shape index (κ3) is 1.74. The Balaban J connectivity index is 2.55. The first-order valence-corrected chi connectivity index (χ1v) is 4.49. The van der Waals surface area contributed by atoms with Gasteiger partial charge >= 0.3 is 0 Å². The van der Waals surface area contributed by atoms with Gasteiger partial charge in [0, 0.05) is 0 Å². The Kier molecular flexibility index (Phi) is 2.23. The average Bonchev–Trinajstić information content (AvgIpc) is 2.33. The van der Waals surface area contributed by atoms with E-state index in [0.717, 1.165) is 24.7 Å². The standard InChI is InChI=1S/C10H17N/c1-8(2)9-4-5-10(3,6-9)7-11/h8-9H,4-6H2,1-3H3/t9-,10-/m1/s1. The summed E-state index contributed by atoms with van der Waals surface area (Å²) in [6.07, 6.45) is 3.47. The molecule has 62 valence electrons. The summed E-state index contributed by atoms with van der Waals surface area (Å²) < 4.78 is 0. The maximum absolute atomic E-state index is 8.87. The predicted molar refractivity (Wildman–Crippen MR) is 45.9 cm³/mol. The molecule has 0 radical (unpaired) electrons. The Labute approximate surface area is 69.4 Å². The SMILES string of the molecule is CC(C)[C@@H]1CC[C@@](C)(C#N)C1. The van der Waals surface area contributed by atoms with Gasteiger partial charge in [-0.15, -0.1) is 0 Å². The van der Waals surface area contributed by atoms with Gasteiger partial charge in [-0.3, -0.25) is 0 Å². The highest BCUT2D eigenvalue weighted by molar-refractivity contribution is 5.01. The number of hydrogen-bond acceptors (Lipinski definition) is 1. The minimum absolute atomic E-state index is 0.00502. The monoisotopic (exact) mass is 151 g/mol. The minimum Gasteiger partial charge on any atom is -0.198 e. The third-order valence-corrected chi connectivity index (χ3v) is 2.99. The van der Waals surface area contributed by atoms with E-state index in [9.17, 15) is 0 Å². The first-order valence-electron chi connectivity index (χ1n) is 4.49. The summed E-state index contributed by atoms with van der Waals surface area (Å²) in [6, 6.07) is 2.43. The van der Waals surface area contributed by atoms with E-state index in [-0.39, 0.29) is 5.41 Å². The summed E-state index contributed by atoms with van der Waals surface area (Å²) in [5.74, 6) is 1.55. The van der Waals surface area contributed by atoms with Crippen LogP contribution in [-0.4, -0.2) is 0 Å². The molecule has 0 amide bonds. The molecule has 2 atom stereocenters. The van der Waals surface area contributed by atoms with E-state index < -0.39 is 0 Å². The molecule has 0 aromatic carbocycles. The number of rotatable bonds is 1. The number of nitriles is 1.